The molecule has 122 valence electrons. The first-order valence-electron chi connectivity index (χ1n) is 8.00. The second-order valence-electron chi connectivity index (χ2n) is 7.01. The highest BCUT2D eigenvalue weighted by atomic mass is 16.2. The summed E-state index contributed by atoms with van der Waals surface area (Å²) in [4.78, 5) is 32.8. The molecule has 2 aromatic rings. The molecular formula is C16H26N4O2. The van der Waals surface area contributed by atoms with Crippen molar-refractivity contribution in [1.29, 1.82) is 0 Å². The van der Waals surface area contributed by atoms with E-state index in [1.54, 1.807) is 4.57 Å². The highest BCUT2D eigenvalue weighted by Crippen LogP contribution is 2.19. The molecule has 0 aromatic carbocycles. The fourth-order valence-electron chi connectivity index (χ4n) is 2.65. The molecule has 0 aliphatic carbocycles. The van der Waals surface area contributed by atoms with Crippen molar-refractivity contribution in [1.82, 2.24) is 19.1 Å². The minimum Gasteiger partial charge on any atom is -0.336 e. The van der Waals surface area contributed by atoms with Crippen LogP contribution in [0.15, 0.2) is 9.59 Å². The Labute approximate surface area is 130 Å². The lowest BCUT2D eigenvalue weighted by Gasteiger charge is -2.15. The zero-order chi connectivity index (χ0) is 16.5. The van der Waals surface area contributed by atoms with E-state index in [4.69, 9.17) is 0 Å². The minimum absolute atomic E-state index is 0.0617. The molecule has 0 saturated carbocycles. The van der Waals surface area contributed by atoms with Gasteiger partial charge in [-0.2, -0.15) is 0 Å². The van der Waals surface area contributed by atoms with Crippen molar-refractivity contribution in [3.63, 3.8) is 0 Å². The van der Waals surface area contributed by atoms with Gasteiger partial charge in [0.1, 0.15) is 11.3 Å². The summed E-state index contributed by atoms with van der Waals surface area (Å²) >= 11 is 0. The van der Waals surface area contributed by atoms with E-state index in [2.05, 4.69) is 30.7 Å². The van der Waals surface area contributed by atoms with E-state index in [1.807, 2.05) is 13.8 Å². The average Bonchev–Trinajstić information content (AvgIpc) is 2.81. The van der Waals surface area contributed by atoms with Gasteiger partial charge in [-0.05, 0) is 18.3 Å². The standard InChI is InChI=1S/C16H26N4O2/c1-6-8-19-13-12(14(21)20(9-7-2)15(19)22)17-11(18-13)10-16(3,4)5/h6-10H2,1-5H3,(H,17,18). The first-order chi connectivity index (χ1) is 10.3. The van der Waals surface area contributed by atoms with Gasteiger partial charge >= 0.3 is 5.69 Å². The second kappa shape index (κ2) is 6.10. The van der Waals surface area contributed by atoms with Crippen LogP contribution in [0, 0.1) is 5.41 Å². The molecular weight excluding hydrogens is 280 g/mol. The van der Waals surface area contributed by atoms with E-state index in [9.17, 15) is 9.59 Å². The molecule has 2 heterocycles. The molecule has 0 saturated heterocycles. The number of H-pyrrole nitrogens is 1. The molecule has 0 unspecified atom stereocenters. The Balaban J connectivity index is 2.72. The third kappa shape index (κ3) is 3.15. The summed E-state index contributed by atoms with van der Waals surface area (Å²) in [7, 11) is 0. The first kappa shape index (κ1) is 16.5. The molecule has 6 heteroatoms. The maximum Gasteiger partial charge on any atom is 0.332 e. The van der Waals surface area contributed by atoms with E-state index < -0.39 is 0 Å². The quantitative estimate of drug-likeness (QED) is 0.921. The molecule has 0 amide bonds. The smallest absolute Gasteiger partial charge is 0.332 e. The van der Waals surface area contributed by atoms with E-state index in [1.165, 1.54) is 4.57 Å². The third-order valence-corrected chi connectivity index (χ3v) is 3.50. The average molecular weight is 306 g/mol. The molecule has 0 spiro atoms. The summed E-state index contributed by atoms with van der Waals surface area (Å²) in [5.41, 5.74) is 0.479. The zero-order valence-corrected chi connectivity index (χ0v) is 14.2. The number of aryl methyl sites for hydroxylation is 1. The van der Waals surface area contributed by atoms with Gasteiger partial charge in [0, 0.05) is 19.5 Å². The van der Waals surface area contributed by atoms with Gasteiger partial charge in [0.05, 0.1) is 0 Å². The fourth-order valence-corrected chi connectivity index (χ4v) is 2.65. The first-order valence-corrected chi connectivity index (χ1v) is 8.00. The van der Waals surface area contributed by atoms with E-state index in [0.29, 0.717) is 24.3 Å². The Morgan fingerprint density at radius 1 is 1.05 bits per heavy atom. The topological polar surface area (TPSA) is 72.7 Å². The Kier molecular flexibility index (Phi) is 4.58. The number of aromatic nitrogens is 4. The van der Waals surface area contributed by atoms with Crippen LogP contribution in [0.2, 0.25) is 0 Å². The second-order valence-corrected chi connectivity index (χ2v) is 7.01. The van der Waals surface area contributed by atoms with Crippen LogP contribution < -0.4 is 11.2 Å². The Bertz CT molecular complexity index is 774. The number of fused-ring (bicyclic) bond motifs is 1. The number of nitrogens with one attached hydrogen (secondary N) is 1. The highest BCUT2D eigenvalue weighted by molar-refractivity contribution is 5.69. The monoisotopic (exact) mass is 306 g/mol. The fraction of sp³-hybridized carbons (Fsp3) is 0.688. The van der Waals surface area contributed by atoms with Gasteiger partial charge in [-0.15, -0.1) is 0 Å². The minimum atomic E-state index is -0.262. The Hall–Kier alpha value is -1.85. The summed E-state index contributed by atoms with van der Waals surface area (Å²) in [6.45, 7) is 11.3. The lowest BCUT2D eigenvalue weighted by molar-refractivity contribution is 0.402. The molecule has 0 aliphatic rings. The van der Waals surface area contributed by atoms with Crippen LogP contribution >= 0.6 is 0 Å². The molecule has 1 N–H and O–H groups in total. The van der Waals surface area contributed by atoms with Crippen molar-refractivity contribution >= 4 is 11.2 Å². The van der Waals surface area contributed by atoms with Gasteiger partial charge in [0.2, 0.25) is 0 Å². The highest BCUT2D eigenvalue weighted by Gasteiger charge is 2.19. The molecule has 2 rings (SSSR count). The largest absolute Gasteiger partial charge is 0.336 e. The summed E-state index contributed by atoms with van der Waals surface area (Å²) in [5, 5.41) is 0. The molecule has 0 aliphatic heterocycles. The SMILES string of the molecule is CCCn1c(=O)c2[nH]c(CC(C)(C)C)nc2n(CCC)c1=O. The van der Waals surface area contributed by atoms with Crippen molar-refractivity contribution in [2.24, 2.45) is 5.41 Å². The third-order valence-electron chi connectivity index (χ3n) is 3.50. The van der Waals surface area contributed by atoms with Crippen LogP contribution in [-0.4, -0.2) is 19.1 Å². The van der Waals surface area contributed by atoms with Gasteiger partial charge in [0.25, 0.3) is 5.56 Å². The normalized spacial score (nSPS) is 12.2. The van der Waals surface area contributed by atoms with Crippen molar-refractivity contribution in [3.8, 4) is 0 Å². The molecule has 0 bridgehead atoms. The maximum atomic E-state index is 12.6. The Morgan fingerprint density at radius 3 is 2.18 bits per heavy atom. The Morgan fingerprint density at radius 2 is 1.64 bits per heavy atom. The van der Waals surface area contributed by atoms with Crippen molar-refractivity contribution in [2.45, 2.75) is 67.0 Å². The van der Waals surface area contributed by atoms with Crippen LogP contribution in [0.4, 0.5) is 0 Å². The van der Waals surface area contributed by atoms with Crippen molar-refractivity contribution in [3.05, 3.63) is 26.7 Å². The van der Waals surface area contributed by atoms with Gasteiger partial charge in [0.15, 0.2) is 5.65 Å². The number of hydrogen-bond acceptors (Lipinski definition) is 3. The molecule has 2 aromatic heterocycles. The van der Waals surface area contributed by atoms with Gasteiger partial charge < -0.3 is 4.98 Å². The van der Waals surface area contributed by atoms with Crippen LogP contribution in [0.25, 0.3) is 11.2 Å². The van der Waals surface area contributed by atoms with Gasteiger partial charge in [-0.3, -0.25) is 13.9 Å². The number of rotatable bonds is 5. The number of nitrogens with zero attached hydrogens (tertiary/aromatic N) is 3. The summed E-state index contributed by atoms with van der Waals surface area (Å²) in [5.74, 6) is 0.762. The van der Waals surface area contributed by atoms with Gasteiger partial charge in [-0.1, -0.05) is 34.6 Å². The summed E-state index contributed by atoms with van der Waals surface area (Å²) in [6.07, 6.45) is 2.30. The van der Waals surface area contributed by atoms with Crippen LogP contribution in [0.5, 0.6) is 0 Å². The lowest BCUT2D eigenvalue weighted by atomic mass is 9.92. The van der Waals surface area contributed by atoms with Gasteiger partial charge in [-0.25, -0.2) is 9.78 Å². The number of hydrogen-bond donors (Lipinski definition) is 1. The van der Waals surface area contributed by atoms with E-state index >= 15 is 0 Å². The zero-order valence-electron chi connectivity index (χ0n) is 14.2. The molecule has 0 atom stereocenters. The van der Waals surface area contributed by atoms with E-state index in [-0.39, 0.29) is 16.7 Å². The summed E-state index contributed by atoms with van der Waals surface area (Å²) < 4.78 is 2.94. The molecule has 0 radical (unpaired) electrons. The molecule has 22 heavy (non-hydrogen) atoms. The lowest BCUT2D eigenvalue weighted by Crippen LogP contribution is -2.40. The number of imidazole rings is 1. The van der Waals surface area contributed by atoms with Crippen molar-refractivity contribution in [2.75, 3.05) is 0 Å². The predicted octanol–water partition coefficient (Wildman–Crippen LogP) is 2.29. The maximum absolute atomic E-state index is 12.6. The summed E-state index contributed by atoms with van der Waals surface area (Å²) in [6, 6.07) is 0. The van der Waals surface area contributed by atoms with Crippen LogP contribution in [-0.2, 0) is 19.5 Å². The van der Waals surface area contributed by atoms with E-state index in [0.717, 1.165) is 25.1 Å². The molecule has 0 fully saturated rings. The van der Waals surface area contributed by atoms with Crippen molar-refractivity contribution < 1.29 is 0 Å². The number of aromatic amines is 1. The van der Waals surface area contributed by atoms with Crippen LogP contribution in [0.1, 0.15) is 53.3 Å². The van der Waals surface area contributed by atoms with Crippen LogP contribution in [0.3, 0.4) is 0 Å². The predicted molar refractivity (Wildman–Crippen MR) is 88.4 cm³/mol. The molecule has 6 nitrogen and oxygen atoms in total.